The van der Waals surface area contributed by atoms with Crippen molar-refractivity contribution in [2.45, 2.75) is 19.8 Å². The van der Waals surface area contributed by atoms with Gasteiger partial charge in [0, 0.05) is 19.3 Å². The van der Waals surface area contributed by atoms with Gasteiger partial charge in [-0.15, -0.1) is 0 Å². The SMILES string of the molecule is CCc1c[nH]c2ncnc(N3CC(CCF)C3)c12. The Balaban J connectivity index is 1.90. The first-order valence-corrected chi connectivity index (χ1v) is 6.45. The number of nitrogens with one attached hydrogen (secondary N) is 1. The Hall–Kier alpha value is -1.65. The summed E-state index contributed by atoms with van der Waals surface area (Å²) in [6.07, 6.45) is 5.22. The number of anilines is 1. The van der Waals surface area contributed by atoms with E-state index in [1.165, 1.54) is 5.56 Å². The van der Waals surface area contributed by atoms with Gasteiger partial charge in [-0.25, -0.2) is 9.97 Å². The highest BCUT2D eigenvalue weighted by atomic mass is 19.1. The number of H-pyrrole nitrogens is 1. The van der Waals surface area contributed by atoms with Crippen LogP contribution < -0.4 is 4.90 Å². The van der Waals surface area contributed by atoms with Crippen LogP contribution in [0.1, 0.15) is 18.9 Å². The molecule has 0 aliphatic carbocycles. The van der Waals surface area contributed by atoms with E-state index in [0.29, 0.717) is 12.3 Å². The van der Waals surface area contributed by atoms with Gasteiger partial charge in [-0.3, -0.25) is 4.39 Å². The number of halogens is 1. The molecular weight excluding hydrogens is 231 g/mol. The highest BCUT2D eigenvalue weighted by Crippen LogP contribution is 2.32. The van der Waals surface area contributed by atoms with Crippen molar-refractivity contribution in [3.05, 3.63) is 18.1 Å². The first kappa shape index (κ1) is 11.4. The quantitative estimate of drug-likeness (QED) is 0.903. The normalized spacial score (nSPS) is 16.2. The van der Waals surface area contributed by atoms with E-state index in [4.69, 9.17) is 0 Å². The maximum absolute atomic E-state index is 12.3. The number of alkyl halides is 1. The predicted molar refractivity (Wildman–Crippen MR) is 69.6 cm³/mol. The zero-order chi connectivity index (χ0) is 12.5. The van der Waals surface area contributed by atoms with Crippen LogP contribution in [-0.2, 0) is 6.42 Å². The molecule has 2 aromatic rings. The average molecular weight is 248 g/mol. The van der Waals surface area contributed by atoms with E-state index in [-0.39, 0.29) is 6.67 Å². The maximum Gasteiger partial charge on any atom is 0.143 e. The van der Waals surface area contributed by atoms with E-state index in [1.54, 1.807) is 6.33 Å². The van der Waals surface area contributed by atoms with Crippen LogP contribution in [0, 0.1) is 5.92 Å². The second kappa shape index (κ2) is 4.55. The van der Waals surface area contributed by atoms with E-state index in [9.17, 15) is 4.39 Å². The van der Waals surface area contributed by atoms with E-state index in [0.717, 1.165) is 36.4 Å². The second-order valence-electron chi connectivity index (χ2n) is 4.84. The Morgan fingerprint density at radius 3 is 3.00 bits per heavy atom. The third-order valence-corrected chi connectivity index (χ3v) is 3.69. The maximum atomic E-state index is 12.3. The molecule has 3 heterocycles. The topological polar surface area (TPSA) is 44.8 Å². The Bertz CT molecular complexity index is 545. The monoisotopic (exact) mass is 248 g/mol. The van der Waals surface area contributed by atoms with E-state index in [1.807, 2.05) is 6.20 Å². The number of aryl methyl sites for hydroxylation is 1. The number of nitrogens with zero attached hydrogens (tertiary/aromatic N) is 3. The van der Waals surface area contributed by atoms with Crippen molar-refractivity contribution < 1.29 is 4.39 Å². The molecule has 0 spiro atoms. The lowest BCUT2D eigenvalue weighted by molar-refractivity contribution is 0.331. The molecular formula is C13H17FN4. The van der Waals surface area contributed by atoms with Gasteiger partial charge >= 0.3 is 0 Å². The van der Waals surface area contributed by atoms with Crippen molar-refractivity contribution in [2.24, 2.45) is 5.92 Å². The fourth-order valence-electron chi connectivity index (χ4n) is 2.61. The van der Waals surface area contributed by atoms with Gasteiger partial charge < -0.3 is 9.88 Å². The molecule has 18 heavy (non-hydrogen) atoms. The van der Waals surface area contributed by atoms with Crippen LogP contribution in [0.5, 0.6) is 0 Å². The second-order valence-corrected chi connectivity index (χ2v) is 4.84. The Morgan fingerprint density at radius 1 is 1.44 bits per heavy atom. The van der Waals surface area contributed by atoms with Gasteiger partial charge in [0.15, 0.2) is 0 Å². The zero-order valence-electron chi connectivity index (χ0n) is 10.5. The van der Waals surface area contributed by atoms with Gasteiger partial charge in [0.2, 0.25) is 0 Å². The van der Waals surface area contributed by atoms with E-state index in [2.05, 4.69) is 26.8 Å². The highest BCUT2D eigenvalue weighted by molar-refractivity contribution is 5.91. The summed E-state index contributed by atoms with van der Waals surface area (Å²) in [6, 6.07) is 0. The van der Waals surface area contributed by atoms with Crippen molar-refractivity contribution in [2.75, 3.05) is 24.7 Å². The molecule has 3 rings (SSSR count). The summed E-state index contributed by atoms with van der Waals surface area (Å²) in [4.78, 5) is 14.1. The Kier molecular flexibility index (Phi) is 2.89. The molecule has 4 nitrogen and oxygen atoms in total. The molecule has 0 aromatic carbocycles. The molecule has 1 saturated heterocycles. The van der Waals surface area contributed by atoms with Crippen molar-refractivity contribution in [1.82, 2.24) is 15.0 Å². The van der Waals surface area contributed by atoms with Gasteiger partial charge in [-0.2, -0.15) is 0 Å². The van der Waals surface area contributed by atoms with Gasteiger partial charge in [-0.1, -0.05) is 6.92 Å². The molecule has 0 atom stereocenters. The largest absolute Gasteiger partial charge is 0.355 e. The minimum Gasteiger partial charge on any atom is -0.355 e. The highest BCUT2D eigenvalue weighted by Gasteiger charge is 2.29. The molecule has 5 heteroatoms. The summed E-state index contributed by atoms with van der Waals surface area (Å²) in [6.45, 7) is 3.72. The van der Waals surface area contributed by atoms with Crippen LogP contribution >= 0.6 is 0 Å². The molecule has 1 aliphatic rings. The van der Waals surface area contributed by atoms with Gasteiger partial charge in [0.25, 0.3) is 0 Å². The first-order valence-electron chi connectivity index (χ1n) is 6.45. The molecule has 0 amide bonds. The van der Waals surface area contributed by atoms with E-state index >= 15 is 0 Å². The summed E-state index contributed by atoms with van der Waals surface area (Å²) in [5, 5.41) is 1.12. The number of fused-ring (bicyclic) bond motifs is 1. The molecule has 96 valence electrons. The zero-order valence-corrected chi connectivity index (χ0v) is 10.5. The molecule has 0 radical (unpaired) electrons. The lowest BCUT2D eigenvalue weighted by atomic mass is 9.96. The predicted octanol–water partition coefficient (Wildman–Crippen LogP) is 2.32. The Labute approximate surface area is 105 Å². The third kappa shape index (κ3) is 1.74. The lowest BCUT2D eigenvalue weighted by Gasteiger charge is -2.40. The summed E-state index contributed by atoms with van der Waals surface area (Å²) in [5.74, 6) is 1.47. The fraction of sp³-hybridized carbons (Fsp3) is 0.538. The van der Waals surface area contributed by atoms with Gasteiger partial charge in [0.05, 0.1) is 12.1 Å². The minimum absolute atomic E-state index is 0.220. The number of rotatable bonds is 4. The molecule has 1 aliphatic heterocycles. The van der Waals surface area contributed by atoms with Crippen LogP contribution in [-0.4, -0.2) is 34.7 Å². The number of aromatic nitrogens is 3. The summed E-state index contributed by atoms with van der Waals surface area (Å²) < 4.78 is 12.3. The average Bonchev–Trinajstić information content (AvgIpc) is 2.76. The molecule has 0 bridgehead atoms. The molecule has 1 N–H and O–H groups in total. The van der Waals surface area contributed by atoms with E-state index < -0.39 is 0 Å². The molecule has 2 aromatic heterocycles. The van der Waals surface area contributed by atoms with Crippen LogP contribution in [0.2, 0.25) is 0 Å². The fourth-order valence-corrected chi connectivity index (χ4v) is 2.61. The number of hydrogen-bond acceptors (Lipinski definition) is 3. The smallest absolute Gasteiger partial charge is 0.143 e. The van der Waals surface area contributed by atoms with Crippen LogP contribution in [0.3, 0.4) is 0 Å². The van der Waals surface area contributed by atoms with Crippen molar-refractivity contribution in [3.8, 4) is 0 Å². The molecule has 0 unspecified atom stereocenters. The first-order chi connectivity index (χ1) is 8.83. The van der Waals surface area contributed by atoms with Crippen LogP contribution in [0.4, 0.5) is 10.2 Å². The van der Waals surface area contributed by atoms with Crippen molar-refractivity contribution in [1.29, 1.82) is 0 Å². The standard InChI is InChI=1S/C13H17FN4/c1-2-10-5-15-12-11(10)13(17-8-16-12)18-6-9(7-18)3-4-14/h5,8-9H,2-4,6-7H2,1H3,(H,15,16,17). The number of hydrogen-bond donors (Lipinski definition) is 1. The third-order valence-electron chi connectivity index (χ3n) is 3.69. The minimum atomic E-state index is -0.220. The summed E-state index contributed by atoms with van der Waals surface area (Å²) in [7, 11) is 0. The van der Waals surface area contributed by atoms with Crippen LogP contribution in [0.25, 0.3) is 11.0 Å². The van der Waals surface area contributed by atoms with Gasteiger partial charge in [-0.05, 0) is 24.3 Å². The number of aromatic amines is 1. The van der Waals surface area contributed by atoms with Crippen molar-refractivity contribution in [3.63, 3.8) is 0 Å². The molecule has 1 fully saturated rings. The van der Waals surface area contributed by atoms with Gasteiger partial charge in [0.1, 0.15) is 17.8 Å². The van der Waals surface area contributed by atoms with Crippen molar-refractivity contribution >= 4 is 16.9 Å². The van der Waals surface area contributed by atoms with Crippen LogP contribution in [0.15, 0.2) is 12.5 Å². The Morgan fingerprint density at radius 2 is 2.28 bits per heavy atom. The lowest BCUT2D eigenvalue weighted by Crippen LogP contribution is -2.47. The molecule has 0 saturated carbocycles. The summed E-state index contributed by atoms with van der Waals surface area (Å²) in [5.41, 5.74) is 2.14. The summed E-state index contributed by atoms with van der Waals surface area (Å²) >= 11 is 0.